The number of amides is 1. The van der Waals surface area contributed by atoms with Crippen molar-refractivity contribution in [3.8, 4) is 5.69 Å². The summed E-state index contributed by atoms with van der Waals surface area (Å²) >= 11 is 0. The van der Waals surface area contributed by atoms with Gasteiger partial charge in [0.05, 0.1) is 11.1 Å². The van der Waals surface area contributed by atoms with E-state index >= 15 is 0 Å². The standard InChI is InChI=1S/C19H20FN3O3/c1-19(18(25)26)9-10-22(11-19)17(24)16-14-3-2-4-15(14)23(21-16)13-7-5-12(20)6-8-13/h5-8H,2-4,9-11H2,1H3,(H,25,26). The number of hydrogen-bond donors (Lipinski definition) is 1. The molecule has 4 rings (SSSR count). The van der Waals surface area contributed by atoms with Crippen LogP contribution in [0.15, 0.2) is 24.3 Å². The fourth-order valence-electron chi connectivity index (χ4n) is 3.86. The first-order chi connectivity index (χ1) is 12.4. The number of benzene rings is 1. The Morgan fingerprint density at radius 2 is 1.96 bits per heavy atom. The number of halogens is 1. The van der Waals surface area contributed by atoms with E-state index in [-0.39, 0.29) is 18.3 Å². The number of carbonyl (C=O) groups is 2. The van der Waals surface area contributed by atoms with Crippen LogP contribution in [-0.2, 0) is 17.6 Å². The molecule has 6 nitrogen and oxygen atoms in total. The Kier molecular flexibility index (Phi) is 3.82. The Labute approximate surface area is 150 Å². The number of fused-ring (bicyclic) bond motifs is 1. The van der Waals surface area contributed by atoms with E-state index in [4.69, 9.17) is 0 Å². The summed E-state index contributed by atoms with van der Waals surface area (Å²) in [5.41, 5.74) is 2.14. The molecular weight excluding hydrogens is 337 g/mol. The van der Waals surface area contributed by atoms with Gasteiger partial charge >= 0.3 is 5.97 Å². The molecule has 2 heterocycles. The maximum absolute atomic E-state index is 13.2. The first-order valence-electron chi connectivity index (χ1n) is 8.78. The molecule has 0 bridgehead atoms. The largest absolute Gasteiger partial charge is 0.481 e. The molecule has 1 aromatic heterocycles. The van der Waals surface area contributed by atoms with E-state index in [2.05, 4.69) is 5.10 Å². The first kappa shape index (κ1) is 16.8. The van der Waals surface area contributed by atoms with Crippen LogP contribution in [0.5, 0.6) is 0 Å². The molecule has 136 valence electrons. The van der Waals surface area contributed by atoms with Gasteiger partial charge in [-0.15, -0.1) is 0 Å². The summed E-state index contributed by atoms with van der Waals surface area (Å²) in [7, 11) is 0. The summed E-state index contributed by atoms with van der Waals surface area (Å²) in [5, 5.41) is 13.9. The molecule has 1 aliphatic heterocycles. The second kappa shape index (κ2) is 5.93. The van der Waals surface area contributed by atoms with Gasteiger partial charge in [0, 0.05) is 24.3 Å². The van der Waals surface area contributed by atoms with Gasteiger partial charge in [0.25, 0.3) is 5.91 Å². The highest BCUT2D eigenvalue weighted by Crippen LogP contribution is 2.33. The predicted molar refractivity (Wildman–Crippen MR) is 91.8 cm³/mol. The van der Waals surface area contributed by atoms with E-state index in [1.165, 1.54) is 12.1 Å². The predicted octanol–water partition coefficient (Wildman–Crippen LogP) is 2.44. The Morgan fingerprint density at radius 3 is 2.62 bits per heavy atom. The minimum atomic E-state index is -0.904. The van der Waals surface area contributed by atoms with Gasteiger partial charge in [0.1, 0.15) is 5.82 Å². The zero-order chi connectivity index (χ0) is 18.5. The highest BCUT2D eigenvalue weighted by Gasteiger charge is 2.43. The van der Waals surface area contributed by atoms with E-state index in [9.17, 15) is 19.1 Å². The van der Waals surface area contributed by atoms with Crippen LogP contribution < -0.4 is 0 Å². The molecule has 2 aliphatic rings. The van der Waals surface area contributed by atoms with E-state index < -0.39 is 11.4 Å². The molecule has 0 radical (unpaired) electrons. The smallest absolute Gasteiger partial charge is 0.311 e. The number of aromatic nitrogens is 2. The fraction of sp³-hybridized carbons (Fsp3) is 0.421. The molecule has 1 unspecified atom stereocenters. The van der Waals surface area contributed by atoms with Crippen LogP contribution in [-0.4, -0.2) is 44.8 Å². The molecule has 1 amide bonds. The average molecular weight is 357 g/mol. The van der Waals surface area contributed by atoms with Crippen LogP contribution in [0.4, 0.5) is 4.39 Å². The molecule has 0 saturated carbocycles. The van der Waals surface area contributed by atoms with Crippen LogP contribution in [0.3, 0.4) is 0 Å². The highest BCUT2D eigenvalue weighted by molar-refractivity contribution is 5.95. The maximum atomic E-state index is 13.2. The van der Waals surface area contributed by atoms with Crippen molar-refractivity contribution < 1.29 is 19.1 Å². The third-order valence-electron chi connectivity index (χ3n) is 5.48. The van der Waals surface area contributed by atoms with E-state index in [1.54, 1.807) is 28.6 Å². The number of rotatable bonds is 3. The topological polar surface area (TPSA) is 75.4 Å². The second-order valence-electron chi connectivity index (χ2n) is 7.36. The van der Waals surface area contributed by atoms with Crippen molar-refractivity contribution in [3.05, 3.63) is 47.0 Å². The van der Waals surface area contributed by atoms with Crippen molar-refractivity contribution in [2.45, 2.75) is 32.6 Å². The van der Waals surface area contributed by atoms with Crippen molar-refractivity contribution in [1.29, 1.82) is 0 Å². The number of likely N-dealkylation sites (tertiary alicyclic amines) is 1. The SMILES string of the molecule is CC1(C(=O)O)CCN(C(=O)c2nn(-c3ccc(F)cc3)c3c2CCC3)C1. The van der Waals surface area contributed by atoms with Gasteiger partial charge < -0.3 is 10.0 Å². The Morgan fingerprint density at radius 1 is 1.23 bits per heavy atom. The lowest BCUT2D eigenvalue weighted by Crippen LogP contribution is -2.35. The van der Waals surface area contributed by atoms with Crippen LogP contribution in [0.1, 0.15) is 41.5 Å². The molecule has 1 saturated heterocycles. The second-order valence-corrected chi connectivity index (χ2v) is 7.36. The summed E-state index contributed by atoms with van der Waals surface area (Å²) in [6.45, 7) is 2.28. The molecule has 1 atom stereocenters. The molecule has 26 heavy (non-hydrogen) atoms. The molecule has 2 aromatic rings. The van der Waals surface area contributed by atoms with Crippen molar-refractivity contribution in [1.82, 2.24) is 14.7 Å². The lowest BCUT2D eigenvalue weighted by Gasteiger charge is -2.19. The van der Waals surface area contributed by atoms with Crippen LogP contribution in [0.25, 0.3) is 5.69 Å². The third kappa shape index (κ3) is 2.58. The number of carboxylic acid groups (broad SMARTS) is 1. The number of aliphatic carboxylic acids is 1. The van der Waals surface area contributed by atoms with Crippen LogP contribution in [0.2, 0.25) is 0 Å². The molecular formula is C19H20FN3O3. The average Bonchev–Trinajstić information content (AvgIpc) is 3.30. The van der Waals surface area contributed by atoms with E-state index in [0.29, 0.717) is 18.7 Å². The Balaban J connectivity index is 1.68. The lowest BCUT2D eigenvalue weighted by atomic mass is 9.90. The number of hydrogen-bond acceptors (Lipinski definition) is 3. The summed E-state index contributed by atoms with van der Waals surface area (Å²) < 4.78 is 14.9. The van der Waals surface area contributed by atoms with Gasteiger partial charge in [-0.25, -0.2) is 9.07 Å². The van der Waals surface area contributed by atoms with Gasteiger partial charge in [0.15, 0.2) is 5.69 Å². The molecule has 1 fully saturated rings. The molecule has 1 aliphatic carbocycles. The number of carboxylic acids is 1. The normalized spacial score (nSPS) is 21.8. The Hall–Kier alpha value is -2.70. The zero-order valence-corrected chi connectivity index (χ0v) is 14.5. The van der Waals surface area contributed by atoms with E-state index in [1.807, 2.05) is 0 Å². The van der Waals surface area contributed by atoms with E-state index in [0.717, 1.165) is 36.2 Å². The quantitative estimate of drug-likeness (QED) is 0.915. The number of nitrogens with zero attached hydrogens (tertiary/aromatic N) is 3. The summed E-state index contributed by atoms with van der Waals surface area (Å²) in [6.07, 6.45) is 2.98. The van der Waals surface area contributed by atoms with Crippen molar-refractivity contribution in [3.63, 3.8) is 0 Å². The van der Waals surface area contributed by atoms with Gasteiger partial charge in [-0.1, -0.05) is 0 Å². The number of carbonyl (C=O) groups excluding carboxylic acids is 1. The summed E-state index contributed by atoms with van der Waals surface area (Å²) in [6, 6.07) is 6.04. The monoisotopic (exact) mass is 357 g/mol. The minimum absolute atomic E-state index is 0.194. The van der Waals surface area contributed by atoms with Crippen molar-refractivity contribution in [2.24, 2.45) is 5.41 Å². The lowest BCUT2D eigenvalue weighted by molar-refractivity contribution is -0.147. The zero-order valence-electron chi connectivity index (χ0n) is 14.5. The van der Waals surface area contributed by atoms with Gasteiger partial charge in [-0.2, -0.15) is 5.10 Å². The first-order valence-corrected chi connectivity index (χ1v) is 8.78. The van der Waals surface area contributed by atoms with Crippen molar-refractivity contribution >= 4 is 11.9 Å². The van der Waals surface area contributed by atoms with Crippen LogP contribution in [0, 0.1) is 11.2 Å². The third-order valence-corrected chi connectivity index (χ3v) is 5.48. The van der Waals surface area contributed by atoms with Gasteiger partial charge in [-0.3, -0.25) is 9.59 Å². The molecule has 0 spiro atoms. The summed E-state index contributed by atoms with van der Waals surface area (Å²) in [5.74, 6) is -1.41. The molecule has 7 heteroatoms. The summed E-state index contributed by atoms with van der Waals surface area (Å²) in [4.78, 5) is 26.0. The minimum Gasteiger partial charge on any atom is -0.481 e. The van der Waals surface area contributed by atoms with Crippen LogP contribution >= 0.6 is 0 Å². The molecule has 1 aromatic carbocycles. The van der Waals surface area contributed by atoms with Gasteiger partial charge in [-0.05, 0) is 56.9 Å². The Bertz CT molecular complexity index is 890. The molecule has 1 N–H and O–H groups in total. The maximum Gasteiger partial charge on any atom is 0.311 e. The highest BCUT2D eigenvalue weighted by atomic mass is 19.1. The fourth-order valence-corrected chi connectivity index (χ4v) is 3.86. The van der Waals surface area contributed by atoms with Crippen molar-refractivity contribution in [2.75, 3.05) is 13.1 Å². The van der Waals surface area contributed by atoms with Gasteiger partial charge in [0.2, 0.25) is 0 Å².